The van der Waals surface area contributed by atoms with Crippen LogP contribution >= 0.6 is 0 Å². The van der Waals surface area contributed by atoms with Crippen LogP contribution in [-0.4, -0.2) is 24.6 Å². The number of hydrogen-bond acceptors (Lipinski definition) is 4. The van der Waals surface area contributed by atoms with Crippen LogP contribution in [-0.2, 0) is 19.1 Å². The second kappa shape index (κ2) is 16.8. The second-order valence-corrected chi connectivity index (χ2v) is 6.53. The summed E-state index contributed by atoms with van der Waals surface area (Å²) in [5.74, 6) is -0.388. The van der Waals surface area contributed by atoms with Gasteiger partial charge in [0.15, 0.2) is 0 Å². The van der Waals surface area contributed by atoms with Crippen LogP contribution in [0, 0.1) is 0 Å². The predicted octanol–water partition coefficient (Wildman–Crippen LogP) is 5.57. The molecule has 0 N–H and O–H groups in total. The largest absolute Gasteiger partial charge is 0.466 e. The minimum absolute atomic E-state index is 0.0344. The second-order valence-electron chi connectivity index (χ2n) is 6.53. The summed E-state index contributed by atoms with van der Waals surface area (Å²) in [6.07, 6.45) is 12.1. The monoisotopic (exact) mass is 342 g/mol. The normalized spacial score (nSPS) is 10.8. The van der Waals surface area contributed by atoms with Gasteiger partial charge in [-0.15, -0.1) is 0 Å². The van der Waals surface area contributed by atoms with Crippen LogP contribution in [0.25, 0.3) is 0 Å². The number of ether oxygens (including phenoxy) is 2. The first-order valence-corrected chi connectivity index (χ1v) is 9.99. The van der Waals surface area contributed by atoms with Gasteiger partial charge in [-0.2, -0.15) is 0 Å². The van der Waals surface area contributed by atoms with Crippen LogP contribution in [0.15, 0.2) is 0 Å². The van der Waals surface area contributed by atoms with Gasteiger partial charge < -0.3 is 9.47 Å². The fraction of sp³-hybridized carbons (Fsp3) is 0.900. The van der Waals surface area contributed by atoms with Gasteiger partial charge in [0.1, 0.15) is 6.10 Å². The molecule has 0 unspecified atom stereocenters. The minimum atomic E-state index is -0.199. The Hall–Kier alpha value is -1.06. The van der Waals surface area contributed by atoms with E-state index in [0.29, 0.717) is 25.9 Å². The van der Waals surface area contributed by atoms with Crippen LogP contribution in [0.5, 0.6) is 0 Å². The van der Waals surface area contributed by atoms with Gasteiger partial charge in [-0.05, 0) is 25.7 Å². The van der Waals surface area contributed by atoms with E-state index in [1.54, 1.807) is 0 Å². The predicted molar refractivity (Wildman–Crippen MR) is 97.9 cm³/mol. The molecule has 0 saturated carbocycles. The Morgan fingerprint density at radius 2 is 1.29 bits per heavy atom. The average Bonchev–Trinajstić information content (AvgIpc) is 2.54. The molecule has 0 spiro atoms. The quantitative estimate of drug-likeness (QED) is 0.272. The van der Waals surface area contributed by atoms with E-state index < -0.39 is 0 Å². The minimum Gasteiger partial charge on any atom is -0.466 e. The van der Waals surface area contributed by atoms with Crippen LogP contribution in [0.4, 0.5) is 0 Å². The van der Waals surface area contributed by atoms with Gasteiger partial charge in [0.25, 0.3) is 0 Å². The molecule has 0 heterocycles. The van der Waals surface area contributed by atoms with E-state index in [-0.39, 0.29) is 18.0 Å². The number of carbonyl (C=O) groups is 2. The van der Waals surface area contributed by atoms with Crippen molar-refractivity contribution in [2.45, 2.75) is 110 Å². The molecule has 0 aliphatic heterocycles. The zero-order valence-electron chi connectivity index (χ0n) is 16.1. The SMILES string of the molecule is CCCCCCCCOC(=O)CCCC(=O)OC(CCC)CCC. The fourth-order valence-electron chi connectivity index (χ4n) is 2.67. The summed E-state index contributed by atoms with van der Waals surface area (Å²) in [4.78, 5) is 23.4. The van der Waals surface area contributed by atoms with Gasteiger partial charge in [-0.25, -0.2) is 0 Å². The van der Waals surface area contributed by atoms with Crippen molar-refractivity contribution in [3.05, 3.63) is 0 Å². The number of carbonyl (C=O) groups excluding carboxylic acids is 2. The Labute approximate surface area is 148 Å². The zero-order chi connectivity index (χ0) is 18.0. The highest BCUT2D eigenvalue weighted by Gasteiger charge is 2.13. The first-order chi connectivity index (χ1) is 11.6. The summed E-state index contributed by atoms with van der Waals surface area (Å²) in [6, 6.07) is 0. The summed E-state index contributed by atoms with van der Waals surface area (Å²) in [6.45, 7) is 6.89. The van der Waals surface area contributed by atoms with Crippen LogP contribution in [0.2, 0.25) is 0 Å². The fourth-order valence-corrected chi connectivity index (χ4v) is 2.67. The lowest BCUT2D eigenvalue weighted by Gasteiger charge is -2.16. The summed E-state index contributed by atoms with van der Waals surface area (Å²) in [7, 11) is 0. The molecule has 0 saturated heterocycles. The maximum absolute atomic E-state index is 11.8. The molecule has 0 atom stereocenters. The Kier molecular flexibility index (Phi) is 16.0. The maximum atomic E-state index is 11.8. The van der Waals surface area contributed by atoms with Crippen LogP contribution in [0.3, 0.4) is 0 Å². The Morgan fingerprint density at radius 3 is 1.92 bits per heavy atom. The molecule has 0 aliphatic rings. The topological polar surface area (TPSA) is 52.6 Å². The van der Waals surface area contributed by atoms with Crippen molar-refractivity contribution in [3.8, 4) is 0 Å². The molecule has 0 bridgehead atoms. The standard InChI is InChI=1S/C20H38O4/c1-4-7-8-9-10-11-17-23-19(21)15-12-16-20(22)24-18(13-5-2)14-6-3/h18H,4-17H2,1-3H3. The first-order valence-electron chi connectivity index (χ1n) is 9.99. The van der Waals surface area contributed by atoms with Crippen molar-refractivity contribution in [2.75, 3.05) is 6.61 Å². The van der Waals surface area contributed by atoms with Crippen LogP contribution in [0.1, 0.15) is 104 Å². The van der Waals surface area contributed by atoms with Crippen molar-refractivity contribution in [1.29, 1.82) is 0 Å². The lowest BCUT2D eigenvalue weighted by molar-refractivity contribution is -0.150. The number of unbranched alkanes of at least 4 members (excludes halogenated alkanes) is 5. The van der Waals surface area contributed by atoms with Gasteiger partial charge in [-0.1, -0.05) is 65.7 Å². The van der Waals surface area contributed by atoms with Crippen molar-refractivity contribution in [1.82, 2.24) is 0 Å². The number of esters is 2. The van der Waals surface area contributed by atoms with Gasteiger partial charge in [0.05, 0.1) is 6.61 Å². The van der Waals surface area contributed by atoms with Crippen molar-refractivity contribution >= 4 is 11.9 Å². The molecule has 24 heavy (non-hydrogen) atoms. The van der Waals surface area contributed by atoms with E-state index in [1.165, 1.54) is 25.7 Å². The molecular formula is C20H38O4. The summed E-state index contributed by atoms with van der Waals surface area (Å²) >= 11 is 0. The molecule has 142 valence electrons. The third kappa shape index (κ3) is 14.5. The molecule has 0 aromatic heterocycles. The Balaban J connectivity index is 3.60. The molecule has 4 nitrogen and oxygen atoms in total. The number of hydrogen-bond donors (Lipinski definition) is 0. The Morgan fingerprint density at radius 1 is 0.708 bits per heavy atom. The summed E-state index contributed by atoms with van der Waals surface area (Å²) in [5, 5.41) is 0. The highest BCUT2D eigenvalue weighted by molar-refractivity contribution is 5.72. The highest BCUT2D eigenvalue weighted by Crippen LogP contribution is 2.12. The molecule has 0 amide bonds. The van der Waals surface area contributed by atoms with E-state index in [1.807, 2.05) is 0 Å². The van der Waals surface area contributed by atoms with Crippen molar-refractivity contribution in [3.63, 3.8) is 0 Å². The summed E-state index contributed by atoms with van der Waals surface area (Å²) in [5.41, 5.74) is 0. The smallest absolute Gasteiger partial charge is 0.306 e. The molecule has 0 rings (SSSR count). The lowest BCUT2D eigenvalue weighted by Crippen LogP contribution is -2.18. The van der Waals surface area contributed by atoms with E-state index in [4.69, 9.17) is 9.47 Å². The molecule has 0 fully saturated rings. The molecule has 0 aromatic rings. The van der Waals surface area contributed by atoms with E-state index in [0.717, 1.165) is 38.5 Å². The van der Waals surface area contributed by atoms with Crippen molar-refractivity contribution in [2.24, 2.45) is 0 Å². The molecule has 4 heteroatoms. The van der Waals surface area contributed by atoms with E-state index in [9.17, 15) is 9.59 Å². The molecule has 0 radical (unpaired) electrons. The molecule has 0 aromatic carbocycles. The average molecular weight is 343 g/mol. The summed E-state index contributed by atoms with van der Waals surface area (Å²) < 4.78 is 10.7. The molecule has 0 aliphatic carbocycles. The lowest BCUT2D eigenvalue weighted by atomic mass is 10.1. The molecular weight excluding hydrogens is 304 g/mol. The highest BCUT2D eigenvalue weighted by atomic mass is 16.5. The van der Waals surface area contributed by atoms with E-state index in [2.05, 4.69) is 20.8 Å². The third-order valence-electron chi connectivity index (χ3n) is 4.04. The van der Waals surface area contributed by atoms with Gasteiger partial charge >= 0.3 is 11.9 Å². The third-order valence-corrected chi connectivity index (χ3v) is 4.04. The zero-order valence-corrected chi connectivity index (χ0v) is 16.1. The van der Waals surface area contributed by atoms with Crippen molar-refractivity contribution < 1.29 is 19.1 Å². The first kappa shape index (κ1) is 22.9. The maximum Gasteiger partial charge on any atom is 0.306 e. The van der Waals surface area contributed by atoms with Crippen LogP contribution < -0.4 is 0 Å². The number of rotatable bonds is 16. The van der Waals surface area contributed by atoms with Gasteiger partial charge in [0.2, 0.25) is 0 Å². The Bertz CT molecular complexity index is 309. The van der Waals surface area contributed by atoms with Gasteiger partial charge in [-0.3, -0.25) is 9.59 Å². The van der Waals surface area contributed by atoms with E-state index >= 15 is 0 Å². The van der Waals surface area contributed by atoms with Gasteiger partial charge in [0, 0.05) is 12.8 Å².